The van der Waals surface area contributed by atoms with Gasteiger partial charge in [-0.1, -0.05) is 6.92 Å². The third-order valence-corrected chi connectivity index (χ3v) is 7.62. The number of alkyl halides is 3. The van der Waals surface area contributed by atoms with Crippen LogP contribution >= 0.6 is 10.0 Å². The van der Waals surface area contributed by atoms with Crippen molar-refractivity contribution in [2.24, 2.45) is 5.41 Å². The van der Waals surface area contributed by atoms with E-state index in [1.165, 1.54) is 17.9 Å². The van der Waals surface area contributed by atoms with Crippen molar-refractivity contribution in [1.29, 1.82) is 0 Å². The topological polar surface area (TPSA) is 75.5 Å². The number of hydrogen-bond donors (Lipinski definition) is 0. The molecular formula is C29H38F3N3O4S. The van der Waals surface area contributed by atoms with Gasteiger partial charge in [-0.25, -0.2) is 15.0 Å². The predicted octanol–water partition coefficient (Wildman–Crippen LogP) is 6.44. The van der Waals surface area contributed by atoms with Gasteiger partial charge in [0, 0.05) is 29.3 Å². The Hall–Kier alpha value is -3.05. The number of methoxy groups -OCH3 is 1. The number of nitrogens with zero attached hydrogens (tertiary/aromatic N) is 3. The van der Waals surface area contributed by atoms with E-state index in [0.717, 1.165) is 23.1 Å². The van der Waals surface area contributed by atoms with Crippen LogP contribution in [0.5, 0.6) is 5.75 Å². The third-order valence-electron chi connectivity index (χ3n) is 6.23. The molecule has 1 aromatic carbocycles. The van der Waals surface area contributed by atoms with Crippen LogP contribution in [0.2, 0.25) is 0 Å². The number of ether oxygens (including phenoxy) is 3. The van der Waals surface area contributed by atoms with E-state index in [1.807, 2.05) is 19.1 Å². The van der Waals surface area contributed by atoms with E-state index in [-0.39, 0.29) is 25.1 Å². The van der Waals surface area contributed by atoms with Gasteiger partial charge in [0.05, 0.1) is 24.8 Å². The lowest BCUT2D eigenvalue weighted by molar-refractivity contribution is -0.152. The molecule has 11 heteroatoms. The lowest BCUT2D eigenvalue weighted by Crippen LogP contribution is -2.32. The Labute approximate surface area is 235 Å². The maximum absolute atomic E-state index is 13.5. The molecule has 0 aliphatic heterocycles. The molecule has 0 fully saturated rings. The molecule has 0 N–H and O–H groups in total. The van der Waals surface area contributed by atoms with Gasteiger partial charge in [0.1, 0.15) is 24.9 Å². The second-order valence-electron chi connectivity index (χ2n) is 11.0. The molecule has 2 aromatic heterocycles. The van der Waals surface area contributed by atoms with Crippen LogP contribution < -0.4 is 4.74 Å². The number of carbonyl (C=O) groups is 1. The van der Waals surface area contributed by atoms with Gasteiger partial charge in [0.2, 0.25) is 0 Å². The number of halogens is 3. The summed E-state index contributed by atoms with van der Waals surface area (Å²) in [6.07, 6.45) is 5.09. The number of aromatic nitrogens is 3. The number of rotatable bonds is 12. The average Bonchev–Trinajstić information content (AvgIpc) is 3.34. The minimum absolute atomic E-state index is 0.0378. The summed E-state index contributed by atoms with van der Waals surface area (Å²) in [5, 5.41) is 0. The standard InChI is InChI=1S/C29H38F3N3O4S/c1-8-20-15-22(39-18-28(2,3)27(36)37-4)10-11-23(20)24-12-9-21(16-33-24)26-34-25(29(30,31)32)17-35(26)19-38-13-14-40(5,6)7/h9-12,15-17H,8,13-14,18-19H2,1-7H3. The van der Waals surface area contributed by atoms with Crippen LogP contribution in [-0.2, 0) is 33.6 Å². The molecule has 3 rings (SSSR count). The molecule has 0 unspecified atom stereocenters. The minimum atomic E-state index is -4.57. The van der Waals surface area contributed by atoms with Crippen molar-refractivity contribution < 1.29 is 32.2 Å². The summed E-state index contributed by atoms with van der Waals surface area (Å²) < 4.78 is 58.1. The Morgan fingerprint density at radius 2 is 1.82 bits per heavy atom. The third kappa shape index (κ3) is 8.23. The van der Waals surface area contributed by atoms with E-state index in [0.29, 0.717) is 30.0 Å². The molecule has 0 bridgehead atoms. The molecule has 0 saturated heterocycles. The van der Waals surface area contributed by atoms with Crippen LogP contribution in [0.3, 0.4) is 0 Å². The predicted molar refractivity (Wildman–Crippen MR) is 153 cm³/mol. The highest BCUT2D eigenvalue weighted by Gasteiger charge is 2.35. The molecule has 40 heavy (non-hydrogen) atoms. The zero-order valence-electron chi connectivity index (χ0n) is 24.1. The summed E-state index contributed by atoms with van der Waals surface area (Å²) in [4.78, 5) is 20.4. The van der Waals surface area contributed by atoms with Crippen molar-refractivity contribution in [3.63, 3.8) is 0 Å². The fourth-order valence-electron chi connectivity index (χ4n) is 3.84. The molecule has 2 heterocycles. The Balaban J connectivity index is 1.82. The summed E-state index contributed by atoms with van der Waals surface area (Å²) in [6, 6.07) is 9.06. The average molecular weight is 582 g/mol. The van der Waals surface area contributed by atoms with Crippen molar-refractivity contribution in [2.75, 3.05) is 44.8 Å². The highest BCUT2D eigenvalue weighted by Crippen LogP contribution is 2.35. The molecule has 220 valence electrons. The molecule has 0 amide bonds. The summed E-state index contributed by atoms with van der Waals surface area (Å²) in [6.45, 7) is 6.08. The number of pyridine rings is 1. The van der Waals surface area contributed by atoms with Gasteiger partial charge in [0.15, 0.2) is 5.69 Å². The molecule has 0 aliphatic carbocycles. The molecule has 0 radical (unpaired) electrons. The molecule has 3 aromatic rings. The maximum Gasteiger partial charge on any atom is 0.434 e. The quantitative estimate of drug-likeness (QED) is 0.181. The van der Waals surface area contributed by atoms with Crippen LogP contribution in [0, 0.1) is 5.41 Å². The number of carbonyl (C=O) groups excluding carboxylic acids is 1. The van der Waals surface area contributed by atoms with Crippen LogP contribution in [0.4, 0.5) is 13.2 Å². The first-order valence-corrected chi connectivity index (χ1v) is 15.9. The van der Waals surface area contributed by atoms with E-state index < -0.39 is 27.3 Å². The normalized spacial score (nSPS) is 12.8. The van der Waals surface area contributed by atoms with Gasteiger partial charge in [-0.05, 0) is 74.9 Å². The van der Waals surface area contributed by atoms with Gasteiger partial charge in [-0.15, -0.1) is 0 Å². The first-order valence-electron chi connectivity index (χ1n) is 12.8. The van der Waals surface area contributed by atoms with E-state index in [4.69, 9.17) is 14.2 Å². The Kier molecular flexibility index (Phi) is 9.94. The van der Waals surface area contributed by atoms with Crippen LogP contribution in [-0.4, -0.2) is 65.3 Å². The molecule has 7 nitrogen and oxygen atoms in total. The fraction of sp³-hybridized carbons (Fsp3) is 0.483. The van der Waals surface area contributed by atoms with Crippen molar-refractivity contribution in [3.05, 3.63) is 54.0 Å². The molecule has 0 aliphatic rings. The zero-order chi connectivity index (χ0) is 29.7. The monoisotopic (exact) mass is 581 g/mol. The Bertz CT molecular complexity index is 1300. The number of benzene rings is 1. The second-order valence-corrected chi connectivity index (χ2v) is 15.6. The lowest BCUT2D eigenvalue weighted by Gasteiger charge is -2.24. The van der Waals surface area contributed by atoms with Crippen LogP contribution in [0.25, 0.3) is 22.6 Å². The highest BCUT2D eigenvalue weighted by molar-refractivity contribution is 8.32. The van der Waals surface area contributed by atoms with E-state index in [2.05, 4.69) is 28.7 Å². The van der Waals surface area contributed by atoms with E-state index in [1.54, 1.807) is 32.0 Å². The van der Waals surface area contributed by atoms with Crippen molar-refractivity contribution >= 4 is 16.0 Å². The van der Waals surface area contributed by atoms with Crippen molar-refractivity contribution in [1.82, 2.24) is 14.5 Å². The van der Waals surface area contributed by atoms with Crippen LogP contribution in [0.15, 0.2) is 42.7 Å². The second kappa shape index (κ2) is 12.6. The van der Waals surface area contributed by atoms with Crippen LogP contribution in [0.1, 0.15) is 32.0 Å². The number of aryl methyl sites for hydroxylation is 1. The van der Waals surface area contributed by atoms with Gasteiger partial charge in [0.25, 0.3) is 0 Å². The first kappa shape index (κ1) is 31.5. The molecule has 0 saturated carbocycles. The summed E-state index contributed by atoms with van der Waals surface area (Å²) in [5.74, 6) is 1.25. The Morgan fingerprint density at radius 3 is 2.40 bits per heavy atom. The number of esters is 1. The largest absolute Gasteiger partial charge is 0.492 e. The smallest absolute Gasteiger partial charge is 0.434 e. The van der Waals surface area contributed by atoms with Gasteiger partial charge in [-0.3, -0.25) is 9.78 Å². The fourth-order valence-corrected chi connectivity index (χ4v) is 4.46. The zero-order valence-corrected chi connectivity index (χ0v) is 24.9. The summed E-state index contributed by atoms with van der Waals surface area (Å²) >= 11 is 0. The molecule has 0 spiro atoms. The molecular weight excluding hydrogens is 543 g/mol. The van der Waals surface area contributed by atoms with E-state index >= 15 is 0 Å². The molecule has 0 atom stereocenters. The number of hydrogen-bond acceptors (Lipinski definition) is 6. The SMILES string of the molecule is CCc1cc(OCC(C)(C)C(=O)OC)ccc1-c1ccc(-c2nc(C(F)(F)F)cn2COCCS(C)(C)C)cn1. The Morgan fingerprint density at radius 1 is 1.10 bits per heavy atom. The van der Waals surface area contributed by atoms with Crippen molar-refractivity contribution in [3.8, 4) is 28.4 Å². The van der Waals surface area contributed by atoms with Gasteiger partial charge < -0.3 is 18.8 Å². The minimum Gasteiger partial charge on any atom is -0.492 e. The van der Waals surface area contributed by atoms with Gasteiger partial charge >= 0.3 is 12.1 Å². The number of imidazole rings is 1. The first-order chi connectivity index (χ1) is 18.6. The van der Waals surface area contributed by atoms with E-state index in [9.17, 15) is 18.0 Å². The maximum atomic E-state index is 13.5. The highest BCUT2D eigenvalue weighted by atomic mass is 32.3. The summed E-state index contributed by atoms with van der Waals surface area (Å²) in [5.41, 5.74) is 1.20. The summed E-state index contributed by atoms with van der Waals surface area (Å²) in [7, 11) is 0.565. The van der Waals surface area contributed by atoms with Gasteiger partial charge in [-0.2, -0.15) is 13.2 Å². The van der Waals surface area contributed by atoms with Crippen molar-refractivity contribution in [2.45, 2.75) is 40.1 Å². The lowest BCUT2D eigenvalue weighted by atomic mass is 9.95.